The normalized spacial score (nSPS) is 31.5. The molecule has 0 aromatic carbocycles. The lowest BCUT2D eigenvalue weighted by molar-refractivity contribution is -1.05. The Labute approximate surface area is 82.3 Å². The van der Waals surface area contributed by atoms with E-state index in [0.29, 0.717) is 4.91 Å². The number of hydrogen-bond acceptors (Lipinski definition) is 4. The van der Waals surface area contributed by atoms with E-state index in [4.69, 9.17) is 5.21 Å². The second-order valence-electron chi connectivity index (χ2n) is 2.41. The number of hydrogen-bond donors (Lipinski definition) is 2. The van der Waals surface area contributed by atoms with Gasteiger partial charge in [0.2, 0.25) is 0 Å². The van der Waals surface area contributed by atoms with E-state index >= 15 is 0 Å². The molecule has 0 amide bonds. The standard InChI is InChI=1S/C6H8BrNO3S/c1-3(9)5-2-4(7)6(12-5)8(10)11/h2,4,6,8,10H,1H3. The second-order valence-corrected chi connectivity index (χ2v) is 4.65. The quantitative estimate of drug-likeness (QED) is 0.540. The zero-order valence-electron chi connectivity index (χ0n) is 6.28. The van der Waals surface area contributed by atoms with Crippen LogP contribution in [0, 0.1) is 5.21 Å². The summed E-state index contributed by atoms with van der Waals surface area (Å²) in [5, 5.41) is 17.8. The molecular formula is C6H8BrNO3S. The van der Waals surface area contributed by atoms with E-state index in [0.717, 1.165) is 11.8 Å². The molecule has 12 heavy (non-hydrogen) atoms. The van der Waals surface area contributed by atoms with Crippen molar-refractivity contribution in [3.8, 4) is 0 Å². The Bertz CT molecular complexity index is 231. The molecule has 1 heterocycles. The lowest BCUT2D eigenvalue weighted by Crippen LogP contribution is -3.09. The van der Waals surface area contributed by atoms with Gasteiger partial charge in [-0.3, -0.25) is 4.79 Å². The van der Waals surface area contributed by atoms with Gasteiger partial charge in [0.1, 0.15) is 0 Å². The summed E-state index contributed by atoms with van der Waals surface area (Å²) in [5.74, 6) is -0.0757. The summed E-state index contributed by atoms with van der Waals surface area (Å²) in [6.45, 7) is 1.43. The number of thioether (sulfide) groups is 1. The highest BCUT2D eigenvalue weighted by molar-refractivity contribution is 9.09. The molecule has 6 heteroatoms. The molecule has 0 saturated heterocycles. The molecule has 0 saturated carbocycles. The summed E-state index contributed by atoms with van der Waals surface area (Å²) in [6, 6.07) is 0. The molecule has 1 aliphatic heterocycles. The van der Waals surface area contributed by atoms with Crippen molar-refractivity contribution < 1.29 is 15.2 Å². The highest BCUT2D eigenvalue weighted by Gasteiger charge is 2.33. The second kappa shape index (κ2) is 3.89. The minimum Gasteiger partial charge on any atom is -0.599 e. The minimum atomic E-state index is -0.894. The van der Waals surface area contributed by atoms with Gasteiger partial charge in [-0.25, -0.2) is 10.4 Å². The van der Waals surface area contributed by atoms with Crippen LogP contribution < -0.4 is 5.23 Å². The predicted octanol–water partition coefficient (Wildman–Crippen LogP) is 0.0676. The van der Waals surface area contributed by atoms with E-state index < -0.39 is 10.6 Å². The SMILES string of the molecule is CC(=O)C1=CC(Br)C([NH+]([O-])O)S1. The molecule has 4 nitrogen and oxygen atoms in total. The fraction of sp³-hybridized carbons (Fsp3) is 0.500. The van der Waals surface area contributed by atoms with Crippen LogP contribution in [0.2, 0.25) is 0 Å². The number of nitrogens with one attached hydrogen (secondary N) is 1. The van der Waals surface area contributed by atoms with E-state index in [1.165, 1.54) is 6.92 Å². The maximum Gasteiger partial charge on any atom is 0.184 e. The number of carbonyl (C=O) groups is 1. The maximum atomic E-state index is 10.9. The molecule has 0 aromatic rings. The van der Waals surface area contributed by atoms with Crippen molar-refractivity contribution in [1.82, 2.24) is 0 Å². The summed E-state index contributed by atoms with van der Waals surface area (Å²) >= 11 is 4.28. The number of halogens is 1. The van der Waals surface area contributed by atoms with Crippen molar-refractivity contribution in [3.05, 3.63) is 16.2 Å². The van der Waals surface area contributed by atoms with Crippen molar-refractivity contribution >= 4 is 33.5 Å². The van der Waals surface area contributed by atoms with Gasteiger partial charge in [0.05, 0.1) is 9.73 Å². The number of rotatable bonds is 2. The average Bonchev–Trinajstić information content (AvgIpc) is 2.30. The van der Waals surface area contributed by atoms with Gasteiger partial charge in [-0.1, -0.05) is 27.7 Å². The van der Waals surface area contributed by atoms with Gasteiger partial charge in [0, 0.05) is 0 Å². The van der Waals surface area contributed by atoms with E-state index in [-0.39, 0.29) is 10.6 Å². The van der Waals surface area contributed by atoms with Crippen LogP contribution in [0.3, 0.4) is 0 Å². The van der Waals surface area contributed by atoms with E-state index in [2.05, 4.69) is 15.9 Å². The molecule has 3 atom stereocenters. The van der Waals surface area contributed by atoms with E-state index in [9.17, 15) is 10.0 Å². The molecule has 3 unspecified atom stereocenters. The molecule has 2 N–H and O–H groups in total. The first-order valence-electron chi connectivity index (χ1n) is 3.28. The van der Waals surface area contributed by atoms with Gasteiger partial charge in [0.15, 0.2) is 11.2 Å². The number of hydroxylamine groups is 2. The molecule has 0 spiro atoms. The molecule has 0 aliphatic carbocycles. The van der Waals surface area contributed by atoms with Gasteiger partial charge >= 0.3 is 0 Å². The Kier molecular flexibility index (Phi) is 3.30. The molecule has 1 rings (SSSR count). The number of quaternary nitrogens is 1. The Morgan fingerprint density at radius 1 is 1.92 bits per heavy atom. The van der Waals surface area contributed by atoms with Crippen molar-refractivity contribution in [3.63, 3.8) is 0 Å². The van der Waals surface area contributed by atoms with Crippen LogP contribution in [0.25, 0.3) is 0 Å². The zero-order valence-corrected chi connectivity index (χ0v) is 8.68. The van der Waals surface area contributed by atoms with Crippen LogP contribution in [0.1, 0.15) is 6.92 Å². The smallest absolute Gasteiger partial charge is 0.184 e. The number of alkyl halides is 1. The molecule has 0 aromatic heterocycles. The third-order valence-electron chi connectivity index (χ3n) is 1.44. The first kappa shape index (κ1) is 10.2. The molecule has 0 bridgehead atoms. The van der Waals surface area contributed by atoms with Crippen LogP contribution in [-0.2, 0) is 4.79 Å². The Morgan fingerprint density at radius 3 is 2.75 bits per heavy atom. The van der Waals surface area contributed by atoms with Gasteiger partial charge in [-0.15, -0.1) is 0 Å². The van der Waals surface area contributed by atoms with Crippen molar-refractivity contribution in [1.29, 1.82) is 0 Å². The topological polar surface area (TPSA) is 64.8 Å². The summed E-state index contributed by atoms with van der Waals surface area (Å²) in [7, 11) is 0. The lowest BCUT2D eigenvalue weighted by atomic mass is 10.3. The molecular weight excluding hydrogens is 246 g/mol. The summed E-state index contributed by atoms with van der Waals surface area (Å²) in [5.41, 5.74) is 0. The summed E-state index contributed by atoms with van der Waals surface area (Å²) < 4.78 is 0. The van der Waals surface area contributed by atoms with Crippen LogP contribution >= 0.6 is 27.7 Å². The summed E-state index contributed by atoms with van der Waals surface area (Å²) in [4.78, 5) is 11.2. The average molecular weight is 254 g/mol. The lowest BCUT2D eigenvalue weighted by Gasteiger charge is -2.21. The van der Waals surface area contributed by atoms with Crippen molar-refractivity contribution in [2.45, 2.75) is 17.1 Å². The van der Waals surface area contributed by atoms with Gasteiger partial charge < -0.3 is 5.21 Å². The van der Waals surface area contributed by atoms with Crippen LogP contribution in [0.4, 0.5) is 0 Å². The first-order chi connectivity index (χ1) is 5.52. The van der Waals surface area contributed by atoms with Crippen molar-refractivity contribution in [2.75, 3.05) is 0 Å². The Hall–Kier alpha value is 0.120. The third-order valence-corrected chi connectivity index (χ3v) is 4.01. The van der Waals surface area contributed by atoms with Crippen LogP contribution in [-0.4, -0.2) is 21.2 Å². The fourth-order valence-corrected chi connectivity index (χ4v) is 2.82. The highest BCUT2D eigenvalue weighted by Crippen LogP contribution is 2.33. The number of carbonyl (C=O) groups excluding carboxylic acids is 1. The van der Waals surface area contributed by atoms with Gasteiger partial charge in [-0.05, 0) is 13.0 Å². The molecule has 0 fully saturated rings. The highest BCUT2D eigenvalue weighted by atomic mass is 79.9. The molecule has 0 radical (unpaired) electrons. The largest absolute Gasteiger partial charge is 0.599 e. The monoisotopic (exact) mass is 253 g/mol. The van der Waals surface area contributed by atoms with E-state index in [1.54, 1.807) is 6.08 Å². The predicted molar refractivity (Wildman–Crippen MR) is 49.0 cm³/mol. The number of ketones is 1. The first-order valence-corrected chi connectivity index (χ1v) is 5.08. The van der Waals surface area contributed by atoms with Crippen LogP contribution in [0.5, 0.6) is 0 Å². The minimum absolute atomic E-state index is 0.0757. The zero-order chi connectivity index (χ0) is 9.30. The summed E-state index contributed by atoms with van der Waals surface area (Å²) in [6.07, 6.45) is 1.64. The third kappa shape index (κ3) is 2.08. The maximum absolute atomic E-state index is 10.9. The Morgan fingerprint density at radius 2 is 2.50 bits per heavy atom. The molecule has 1 aliphatic rings. The molecule has 68 valence electrons. The number of allylic oxidation sites excluding steroid dienone is 1. The van der Waals surface area contributed by atoms with Gasteiger partial charge in [-0.2, -0.15) is 0 Å². The Balaban J connectivity index is 2.67. The van der Waals surface area contributed by atoms with Crippen molar-refractivity contribution in [2.24, 2.45) is 0 Å². The number of Topliss-reactive ketones (excluding diaryl/α,β-unsaturated/α-hetero) is 1. The van der Waals surface area contributed by atoms with E-state index in [1.807, 2.05) is 0 Å². The fourth-order valence-electron chi connectivity index (χ4n) is 0.860. The van der Waals surface area contributed by atoms with Gasteiger partial charge in [0.25, 0.3) is 0 Å². The van der Waals surface area contributed by atoms with Crippen LogP contribution in [0.15, 0.2) is 11.0 Å².